The Hall–Kier alpha value is -3.31. The van der Waals surface area contributed by atoms with Gasteiger partial charge in [-0.2, -0.15) is 0 Å². The van der Waals surface area contributed by atoms with Gasteiger partial charge >= 0.3 is 0 Å². The molecular weight excluding hydrogens is 437 g/mol. The Kier molecular flexibility index (Phi) is 6.33. The molecule has 0 spiro atoms. The van der Waals surface area contributed by atoms with E-state index >= 15 is 0 Å². The van der Waals surface area contributed by atoms with Crippen molar-refractivity contribution in [2.45, 2.75) is 37.2 Å². The molecule has 0 saturated carbocycles. The smallest absolute Gasteiger partial charge is 0.293 e. The quantitative estimate of drug-likeness (QED) is 0.409. The van der Waals surface area contributed by atoms with Crippen LogP contribution in [-0.2, 0) is 17.1 Å². The van der Waals surface area contributed by atoms with Crippen LogP contribution in [0.5, 0.6) is 0 Å². The first-order valence-electron chi connectivity index (χ1n) is 9.69. The minimum atomic E-state index is -3.97. The average molecular weight is 462 g/mol. The van der Waals surface area contributed by atoms with Crippen LogP contribution >= 0.6 is 0 Å². The van der Waals surface area contributed by atoms with E-state index in [9.17, 15) is 22.9 Å². The number of hydrogen-bond donors (Lipinski definition) is 2. The molecule has 32 heavy (non-hydrogen) atoms. The second kappa shape index (κ2) is 8.67. The Labute approximate surface area is 185 Å². The maximum Gasteiger partial charge on any atom is 0.293 e. The first kappa shape index (κ1) is 23.4. The highest BCUT2D eigenvalue weighted by Gasteiger charge is 2.27. The molecule has 0 unspecified atom stereocenters. The molecule has 0 bridgehead atoms. The van der Waals surface area contributed by atoms with Gasteiger partial charge in [-0.1, -0.05) is 12.1 Å². The van der Waals surface area contributed by atoms with Gasteiger partial charge in [0.2, 0.25) is 10.0 Å². The van der Waals surface area contributed by atoms with Crippen LogP contribution in [0.25, 0.3) is 0 Å². The van der Waals surface area contributed by atoms with Gasteiger partial charge in [-0.3, -0.25) is 10.1 Å². The van der Waals surface area contributed by atoms with Crippen molar-refractivity contribution >= 4 is 21.4 Å². The number of aryl methyl sites for hydroxylation is 1. The first-order valence-corrected chi connectivity index (χ1v) is 11.2. The average Bonchev–Trinajstić information content (AvgIpc) is 3.10. The van der Waals surface area contributed by atoms with Crippen molar-refractivity contribution in [2.75, 3.05) is 5.32 Å². The standard InChI is InChI=1S/C21H24FN5O4S/c1-21(2,3)25-32(30,31)16-9-10-17(18(13-16)27(28)29)24-19(20-23-11-12-26(20)4)14-5-7-15(22)8-6-14/h5-13,19,24-25H,1-4H3/t19-/m0/s1. The van der Waals surface area contributed by atoms with E-state index in [2.05, 4.69) is 15.0 Å². The fourth-order valence-corrected chi connectivity index (χ4v) is 4.61. The van der Waals surface area contributed by atoms with E-state index in [4.69, 9.17) is 0 Å². The van der Waals surface area contributed by atoms with E-state index in [1.807, 2.05) is 0 Å². The lowest BCUT2D eigenvalue weighted by Crippen LogP contribution is -2.40. The van der Waals surface area contributed by atoms with E-state index in [1.54, 1.807) is 56.9 Å². The summed E-state index contributed by atoms with van der Waals surface area (Å²) in [4.78, 5) is 15.2. The van der Waals surface area contributed by atoms with Gasteiger partial charge < -0.3 is 9.88 Å². The molecule has 0 aliphatic carbocycles. The SMILES string of the molecule is Cn1ccnc1[C@@H](Nc1ccc(S(=O)(=O)NC(C)(C)C)cc1[N+](=O)[O-])c1ccc(F)cc1. The molecule has 0 saturated heterocycles. The summed E-state index contributed by atoms with van der Waals surface area (Å²) in [5.74, 6) is 0.122. The van der Waals surface area contributed by atoms with E-state index < -0.39 is 38.0 Å². The van der Waals surface area contributed by atoms with Crippen LogP contribution in [0.4, 0.5) is 15.8 Å². The van der Waals surface area contributed by atoms with Gasteiger partial charge in [0, 0.05) is 31.0 Å². The minimum absolute atomic E-state index is 0.0991. The Morgan fingerprint density at radius 2 is 1.81 bits per heavy atom. The molecule has 170 valence electrons. The summed E-state index contributed by atoms with van der Waals surface area (Å²) in [6, 6.07) is 8.68. The number of sulfonamides is 1. The first-order chi connectivity index (χ1) is 14.9. The summed E-state index contributed by atoms with van der Waals surface area (Å²) < 4.78 is 42.9. The van der Waals surface area contributed by atoms with Crippen molar-refractivity contribution in [3.63, 3.8) is 0 Å². The number of halogens is 1. The monoisotopic (exact) mass is 461 g/mol. The molecule has 1 heterocycles. The molecular formula is C21H24FN5O4S. The molecule has 2 aromatic carbocycles. The zero-order chi connectivity index (χ0) is 23.7. The summed E-state index contributed by atoms with van der Waals surface area (Å²) in [5, 5.41) is 14.9. The fourth-order valence-electron chi connectivity index (χ4n) is 3.18. The topological polar surface area (TPSA) is 119 Å². The zero-order valence-electron chi connectivity index (χ0n) is 18.0. The highest BCUT2D eigenvalue weighted by atomic mass is 32.2. The number of benzene rings is 2. The minimum Gasteiger partial charge on any atom is -0.366 e. The maximum atomic E-state index is 13.4. The number of nitro groups is 1. The molecule has 1 atom stereocenters. The summed E-state index contributed by atoms with van der Waals surface area (Å²) in [6.45, 7) is 5.03. The Bertz CT molecular complexity index is 1230. The van der Waals surface area contributed by atoms with Crippen molar-refractivity contribution in [1.29, 1.82) is 0 Å². The van der Waals surface area contributed by atoms with E-state index in [0.717, 1.165) is 6.07 Å². The van der Waals surface area contributed by atoms with Gasteiger partial charge in [0.1, 0.15) is 23.4 Å². The highest BCUT2D eigenvalue weighted by molar-refractivity contribution is 7.89. The van der Waals surface area contributed by atoms with Crippen molar-refractivity contribution in [3.05, 3.63) is 82.2 Å². The number of imidazole rings is 1. The molecule has 2 N–H and O–H groups in total. The van der Waals surface area contributed by atoms with E-state index in [0.29, 0.717) is 11.4 Å². The lowest BCUT2D eigenvalue weighted by molar-refractivity contribution is -0.384. The number of nitrogens with one attached hydrogen (secondary N) is 2. The van der Waals surface area contributed by atoms with Crippen molar-refractivity contribution in [3.8, 4) is 0 Å². The lowest BCUT2D eigenvalue weighted by Gasteiger charge is -2.22. The van der Waals surface area contributed by atoms with Gasteiger partial charge in [0.15, 0.2) is 0 Å². The Morgan fingerprint density at radius 3 is 2.34 bits per heavy atom. The molecule has 0 aliphatic heterocycles. The van der Waals surface area contributed by atoms with Gasteiger partial charge in [-0.15, -0.1) is 0 Å². The summed E-state index contributed by atoms with van der Waals surface area (Å²) in [5.41, 5.74) is -0.442. The number of nitrogens with zero attached hydrogens (tertiary/aromatic N) is 3. The Morgan fingerprint density at radius 1 is 1.16 bits per heavy atom. The van der Waals surface area contributed by atoms with Crippen molar-refractivity contribution in [2.24, 2.45) is 7.05 Å². The zero-order valence-corrected chi connectivity index (χ0v) is 18.9. The van der Waals surface area contributed by atoms with Gasteiger partial charge in [0.25, 0.3) is 5.69 Å². The van der Waals surface area contributed by atoms with Gasteiger partial charge in [-0.25, -0.2) is 22.5 Å². The van der Waals surface area contributed by atoms with Crippen LogP contribution in [0.2, 0.25) is 0 Å². The van der Waals surface area contributed by atoms with Crippen LogP contribution in [-0.4, -0.2) is 28.4 Å². The van der Waals surface area contributed by atoms with Crippen LogP contribution in [0.15, 0.2) is 59.8 Å². The summed E-state index contributed by atoms with van der Waals surface area (Å²) in [7, 11) is -2.20. The second-order valence-corrected chi connectivity index (χ2v) is 10.00. The third-order valence-corrected chi connectivity index (χ3v) is 6.29. The van der Waals surface area contributed by atoms with E-state index in [-0.39, 0.29) is 10.6 Å². The normalized spacial score (nSPS) is 13.0. The molecule has 0 radical (unpaired) electrons. The summed E-state index contributed by atoms with van der Waals surface area (Å²) in [6.07, 6.45) is 3.30. The van der Waals surface area contributed by atoms with Crippen LogP contribution in [0.3, 0.4) is 0 Å². The predicted octanol–water partition coefficient (Wildman–Crippen LogP) is 3.75. The number of aromatic nitrogens is 2. The molecule has 3 aromatic rings. The van der Waals surface area contributed by atoms with E-state index in [1.165, 1.54) is 24.3 Å². The summed E-state index contributed by atoms with van der Waals surface area (Å²) >= 11 is 0. The molecule has 9 nitrogen and oxygen atoms in total. The number of nitro benzene ring substituents is 1. The maximum absolute atomic E-state index is 13.4. The molecule has 0 aliphatic rings. The molecule has 11 heteroatoms. The third kappa shape index (κ3) is 5.29. The molecule has 1 aromatic heterocycles. The van der Waals surface area contributed by atoms with Crippen LogP contribution in [0, 0.1) is 15.9 Å². The molecule has 3 rings (SSSR count). The van der Waals surface area contributed by atoms with Gasteiger partial charge in [-0.05, 0) is 50.6 Å². The predicted molar refractivity (Wildman–Crippen MR) is 118 cm³/mol. The number of anilines is 1. The fraction of sp³-hybridized carbons (Fsp3) is 0.286. The van der Waals surface area contributed by atoms with Crippen LogP contribution < -0.4 is 10.0 Å². The van der Waals surface area contributed by atoms with Gasteiger partial charge in [0.05, 0.1) is 9.82 Å². The number of hydrogen-bond acceptors (Lipinski definition) is 6. The highest BCUT2D eigenvalue weighted by Crippen LogP contribution is 2.33. The molecule has 0 fully saturated rings. The van der Waals surface area contributed by atoms with Crippen LogP contribution in [0.1, 0.15) is 38.2 Å². The largest absolute Gasteiger partial charge is 0.366 e. The van der Waals surface area contributed by atoms with Crippen molar-refractivity contribution in [1.82, 2.24) is 14.3 Å². The Balaban J connectivity index is 2.06. The van der Waals surface area contributed by atoms with Crippen molar-refractivity contribution < 1.29 is 17.7 Å². The third-order valence-electron chi connectivity index (χ3n) is 4.54. The lowest BCUT2D eigenvalue weighted by atomic mass is 10.1. The second-order valence-electron chi connectivity index (χ2n) is 8.32. The number of rotatable bonds is 7. The molecule has 0 amide bonds.